The van der Waals surface area contributed by atoms with E-state index >= 15 is 0 Å². The smallest absolute Gasteiger partial charge is 0.417 e. The average Bonchev–Trinajstić information content (AvgIpc) is 3.21. The van der Waals surface area contributed by atoms with Gasteiger partial charge in [0, 0.05) is 13.1 Å². The van der Waals surface area contributed by atoms with Gasteiger partial charge in [0.25, 0.3) is 5.91 Å². The minimum atomic E-state index is -4.72. The van der Waals surface area contributed by atoms with E-state index in [1.165, 1.54) is 21.9 Å². The van der Waals surface area contributed by atoms with Crippen LogP contribution in [-0.4, -0.2) is 65.7 Å². The van der Waals surface area contributed by atoms with Crippen molar-refractivity contribution < 1.29 is 37.0 Å². The third-order valence-electron chi connectivity index (χ3n) is 7.22. The van der Waals surface area contributed by atoms with E-state index in [-0.39, 0.29) is 25.7 Å². The molecule has 1 aromatic rings. The predicted molar refractivity (Wildman–Crippen MR) is 119 cm³/mol. The van der Waals surface area contributed by atoms with Gasteiger partial charge in [0.1, 0.15) is 11.8 Å². The topological polar surface area (TPSA) is 76.2 Å². The van der Waals surface area contributed by atoms with Gasteiger partial charge < -0.3 is 14.4 Å². The molecule has 3 fully saturated rings. The summed E-state index contributed by atoms with van der Waals surface area (Å²) in [7, 11) is 0. The van der Waals surface area contributed by atoms with E-state index in [2.05, 4.69) is 0 Å². The van der Waals surface area contributed by atoms with Gasteiger partial charge in [0.05, 0.1) is 30.3 Å². The molecule has 0 aromatic heterocycles. The lowest BCUT2D eigenvalue weighted by atomic mass is 9.89. The van der Waals surface area contributed by atoms with Gasteiger partial charge in [-0.05, 0) is 57.6 Å². The fourth-order valence-electron chi connectivity index (χ4n) is 5.55. The highest BCUT2D eigenvalue weighted by Crippen LogP contribution is 2.43. The largest absolute Gasteiger partial charge is 0.466 e. The molecule has 4 rings (SSSR count). The molecular weight excluding hydrogens is 465 g/mol. The van der Waals surface area contributed by atoms with Crippen molar-refractivity contribution in [2.75, 3.05) is 26.3 Å². The molecule has 0 bridgehead atoms. The van der Waals surface area contributed by atoms with E-state index < -0.39 is 46.8 Å². The molecule has 2 heterocycles. The van der Waals surface area contributed by atoms with E-state index in [1.54, 1.807) is 6.92 Å². The summed E-state index contributed by atoms with van der Waals surface area (Å²) in [6.07, 6.45) is -0.178. The zero-order valence-electron chi connectivity index (χ0n) is 19.8. The number of benzene rings is 1. The summed E-state index contributed by atoms with van der Waals surface area (Å²) in [5.41, 5.74) is -2.63. The molecule has 3 aliphatic rings. The molecule has 0 N–H and O–H groups in total. The molecule has 1 spiro atoms. The van der Waals surface area contributed by atoms with Crippen molar-refractivity contribution in [1.82, 2.24) is 9.80 Å². The molecule has 0 radical (unpaired) electrons. The highest BCUT2D eigenvalue weighted by Gasteiger charge is 2.54. The van der Waals surface area contributed by atoms with Gasteiger partial charge in [-0.2, -0.15) is 13.2 Å². The van der Waals surface area contributed by atoms with E-state index in [4.69, 9.17) is 9.47 Å². The molecule has 2 atom stereocenters. The van der Waals surface area contributed by atoms with Gasteiger partial charge >= 0.3 is 12.1 Å². The molecule has 2 amide bonds. The normalized spacial score (nSPS) is 24.5. The van der Waals surface area contributed by atoms with Gasteiger partial charge in [0.2, 0.25) is 5.91 Å². The fraction of sp³-hybridized carbons (Fsp3) is 0.640. The summed E-state index contributed by atoms with van der Waals surface area (Å²) in [6.45, 7) is 2.43. The number of ether oxygens (including phenoxy) is 2. The van der Waals surface area contributed by atoms with E-state index in [0.29, 0.717) is 32.2 Å². The predicted octanol–water partition coefficient (Wildman–Crippen LogP) is 4.01. The number of carbonyl (C=O) groups excluding carboxylic acids is 3. The molecule has 2 saturated heterocycles. The zero-order chi connectivity index (χ0) is 25.2. The van der Waals surface area contributed by atoms with Gasteiger partial charge in [-0.25, -0.2) is 0 Å². The highest BCUT2D eigenvalue weighted by atomic mass is 19.4. The van der Waals surface area contributed by atoms with Crippen LogP contribution in [0.25, 0.3) is 0 Å². The second-order valence-electron chi connectivity index (χ2n) is 9.43. The van der Waals surface area contributed by atoms with Crippen molar-refractivity contribution in [1.29, 1.82) is 0 Å². The summed E-state index contributed by atoms with van der Waals surface area (Å²) in [5, 5.41) is 0. The lowest BCUT2D eigenvalue weighted by Gasteiger charge is -2.43. The quantitative estimate of drug-likeness (QED) is 0.589. The number of halogens is 3. The van der Waals surface area contributed by atoms with Gasteiger partial charge in [-0.1, -0.05) is 18.6 Å². The number of rotatable bonds is 4. The number of piperidine rings is 1. The van der Waals surface area contributed by atoms with Crippen molar-refractivity contribution in [2.45, 2.75) is 69.8 Å². The summed E-state index contributed by atoms with van der Waals surface area (Å²) in [4.78, 5) is 42.5. The number of esters is 1. The van der Waals surface area contributed by atoms with Gasteiger partial charge in [-0.15, -0.1) is 0 Å². The number of hydrogen-bond donors (Lipinski definition) is 0. The SMILES string of the molecule is CCOC(=O)C1CCCN(C(=O)C2COC3(CCCCC3)N2C(=O)c2ccccc2C(F)(F)F)C1. The van der Waals surface area contributed by atoms with Crippen LogP contribution in [0.15, 0.2) is 24.3 Å². The average molecular weight is 497 g/mol. The molecule has 2 aliphatic heterocycles. The van der Waals surface area contributed by atoms with E-state index in [0.717, 1.165) is 31.4 Å². The standard InChI is InChI=1S/C25H31F3N2O5/c1-2-34-23(33)17-9-8-14-29(15-17)22(32)20-16-35-24(12-6-3-7-13-24)30(20)21(31)18-10-4-5-11-19(18)25(26,27)28/h4-5,10-11,17,20H,2-3,6-9,12-16H2,1H3. The lowest BCUT2D eigenvalue weighted by Crippen LogP contribution is -2.58. The van der Waals surface area contributed by atoms with Gasteiger partial charge in [0.15, 0.2) is 0 Å². The monoisotopic (exact) mass is 496 g/mol. The van der Waals surface area contributed by atoms with Crippen molar-refractivity contribution in [3.63, 3.8) is 0 Å². The van der Waals surface area contributed by atoms with Crippen LogP contribution < -0.4 is 0 Å². The summed E-state index contributed by atoms with van der Waals surface area (Å²) < 4.78 is 52.4. The Labute approximate surface area is 202 Å². The van der Waals surface area contributed by atoms with E-state index in [9.17, 15) is 27.6 Å². The minimum absolute atomic E-state index is 0.0840. The van der Waals surface area contributed by atoms with Crippen LogP contribution in [0.1, 0.15) is 67.8 Å². The number of amides is 2. The van der Waals surface area contributed by atoms with Crippen molar-refractivity contribution in [3.05, 3.63) is 35.4 Å². The first kappa shape index (κ1) is 25.5. The molecule has 1 aromatic carbocycles. The number of carbonyl (C=O) groups is 3. The Morgan fingerprint density at radius 2 is 1.83 bits per heavy atom. The molecule has 10 heteroatoms. The Balaban J connectivity index is 1.65. The van der Waals surface area contributed by atoms with Crippen LogP contribution in [0.4, 0.5) is 13.2 Å². The van der Waals surface area contributed by atoms with Crippen molar-refractivity contribution in [2.24, 2.45) is 5.92 Å². The summed E-state index contributed by atoms with van der Waals surface area (Å²) in [5.74, 6) is -2.09. The van der Waals surface area contributed by atoms with Crippen LogP contribution in [0.3, 0.4) is 0 Å². The molecule has 7 nitrogen and oxygen atoms in total. The Morgan fingerprint density at radius 3 is 2.51 bits per heavy atom. The minimum Gasteiger partial charge on any atom is -0.466 e. The van der Waals surface area contributed by atoms with Crippen molar-refractivity contribution in [3.8, 4) is 0 Å². The highest BCUT2D eigenvalue weighted by molar-refractivity contribution is 5.99. The molecule has 2 unspecified atom stereocenters. The maximum atomic E-state index is 13.7. The molecular formula is C25H31F3N2O5. The lowest BCUT2D eigenvalue weighted by molar-refractivity contribution is -0.152. The number of hydrogen-bond acceptors (Lipinski definition) is 5. The Hall–Kier alpha value is -2.62. The number of nitrogens with zero attached hydrogens (tertiary/aromatic N) is 2. The Bertz CT molecular complexity index is 961. The number of likely N-dealkylation sites (tertiary alicyclic amines) is 1. The second-order valence-corrected chi connectivity index (χ2v) is 9.43. The Morgan fingerprint density at radius 1 is 1.11 bits per heavy atom. The maximum absolute atomic E-state index is 13.7. The first-order chi connectivity index (χ1) is 16.7. The third-order valence-corrected chi connectivity index (χ3v) is 7.22. The van der Waals surface area contributed by atoms with Crippen LogP contribution >= 0.6 is 0 Å². The van der Waals surface area contributed by atoms with Crippen LogP contribution in [0.2, 0.25) is 0 Å². The Kier molecular flexibility index (Phi) is 7.40. The van der Waals surface area contributed by atoms with Gasteiger partial charge in [-0.3, -0.25) is 19.3 Å². The third kappa shape index (κ3) is 5.03. The van der Waals surface area contributed by atoms with Crippen LogP contribution in [-0.2, 0) is 25.2 Å². The molecule has 1 saturated carbocycles. The first-order valence-corrected chi connectivity index (χ1v) is 12.3. The summed E-state index contributed by atoms with van der Waals surface area (Å²) in [6, 6.07) is 3.60. The molecule has 35 heavy (non-hydrogen) atoms. The second kappa shape index (κ2) is 10.2. The zero-order valence-corrected chi connectivity index (χ0v) is 19.8. The van der Waals surface area contributed by atoms with E-state index in [1.807, 2.05) is 0 Å². The van der Waals surface area contributed by atoms with Crippen molar-refractivity contribution >= 4 is 17.8 Å². The summed E-state index contributed by atoms with van der Waals surface area (Å²) >= 11 is 0. The fourth-order valence-corrected chi connectivity index (χ4v) is 5.55. The number of alkyl halides is 3. The molecule has 1 aliphatic carbocycles. The first-order valence-electron chi connectivity index (χ1n) is 12.3. The van der Waals surface area contributed by atoms with Crippen LogP contribution in [0, 0.1) is 5.92 Å². The molecule has 192 valence electrons. The maximum Gasteiger partial charge on any atom is 0.417 e. The van der Waals surface area contributed by atoms with Crippen LogP contribution in [0.5, 0.6) is 0 Å².